The van der Waals surface area contributed by atoms with Crippen LogP contribution in [0.15, 0.2) is 174 Å². The van der Waals surface area contributed by atoms with Gasteiger partial charge in [0, 0.05) is 43.7 Å². The fourth-order valence-corrected chi connectivity index (χ4v) is 8.44. The monoisotopic (exact) mass is 652 g/mol. The van der Waals surface area contributed by atoms with Gasteiger partial charge in [0.15, 0.2) is 0 Å². The molecule has 3 heterocycles. The summed E-state index contributed by atoms with van der Waals surface area (Å²) in [6.07, 6.45) is 9.07. The van der Waals surface area contributed by atoms with Crippen molar-refractivity contribution in [2.24, 2.45) is 0 Å². The highest BCUT2D eigenvalue weighted by Crippen LogP contribution is 2.42. The first kappa shape index (κ1) is 28.3. The molecule has 0 amide bonds. The number of aromatic nitrogens is 2. The Morgan fingerprint density at radius 1 is 0.431 bits per heavy atom. The van der Waals surface area contributed by atoms with Crippen molar-refractivity contribution in [1.29, 1.82) is 0 Å². The van der Waals surface area contributed by atoms with Crippen LogP contribution in [0.3, 0.4) is 0 Å². The summed E-state index contributed by atoms with van der Waals surface area (Å²) in [6.45, 7) is 0. The maximum atomic E-state index is 6.50. The summed E-state index contributed by atoms with van der Waals surface area (Å²) in [7, 11) is 0. The third-order valence-electron chi connectivity index (χ3n) is 10.7. The molecule has 1 aliphatic carbocycles. The molecule has 11 rings (SSSR count). The molecule has 7 aromatic carbocycles. The quantitative estimate of drug-likeness (QED) is 0.186. The van der Waals surface area contributed by atoms with E-state index in [1.165, 1.54) is 71.6 Å². The molecule has 0 unspecified atom stereocenters. The number of para-hydroxylation sites is 3. The standard InChI is InChI=1S/C48H32N2O/c1-3-12-34(13-4-1)49-42-19-9-7-16-37(42)39-28-31(22-25-44(39)49)32-24-27-46-41(29-32)48-36(18-11-21-47(48)51-46)33-23-26-45-40(30-33)38-17-8-10-20-43(38)50(45)35-14-5-2-6-15-35/h2-3,5-30H,1,4H2. The second kappa shape index (κ2) is 11.0. The highest BCUT2D eigenvalue weighted by molar-refractivity contribution is 6.16. The van der Waals surface area contributed by atoms with E-state index in [0.717, 1.165) is 40.5 Å². The number of hydrogen-bond donors (Lipinski definition) is 0. The molecule has 0 radical (unpaired) electrons. The van der Waals surface area contributed by atoms with E-state index in [1.54, 1.807) is 0 Å². The molecule has 3 nitrogen and oxygen atoms in total. The Bertz CT molecular complexity index is 3070. The van der Waals surface area contributed by atoms with Crippen LogP contribution in [0, 0.1) is 0 Å². The number of benzene rings is 7. The van der Waals surface area contributed by atoms with Crippen LogP contribution in [0.5, 0.6) is 0 Å². The van der Waals surface area contributed by atoms with Crippen LogP contribution in [-0.4, -0.2) is 9.13 Å². The third-order valence-corrected chi connectivity index (χ3v) is 10.7. The molecule has 51 heavy (non-hydrogen) atoms. The Hall–Kier alpha value is -6.58. The second-order valence-electron chi connectivity index (χ2n) is 13.6. The van der Waals surface area contributed by atoms with E-state index in [4.69, 9.17) is 4.42 Å². The third kappa shape index (κ3) is 4.25. The SMILES string of the molecule is C1=CC(n2c3ccccc3c3cc(-c4ccc5oc6cccc(-c7ccc8c(c7)c7ccccc7n8-c7ccccc7)c6c5c4)ccc32)=CCC1. The summed E-state index contributed by atoms with van der Waals surface area (Å²) < 4.78 is 11.3. The van der Waals surface area contributed by atoms with Gasteiger partial charge in [0.1, 0.15) is 11.2 Å². The van der Waals surface area contributed by atoms with Crippen LogP contribution in [-0.2, 0) is 0 Å². The summed E-state index contributed by atoms with van der Waals surface area (Å²) in [4.78, 5) is 0. The molecule has 0 N–H and O–H groups in total. The van der Waals surface area contributed by atoms with Gasteiger partial charge in [-0.3, -0.25) is 0 Å². The lowest BCUT2D eigenvalue weighted by molar-refractivity contribution is 0.669. The van der Waals surface area contributed by atoms with E-state index in [0.29, 0.717) is 0 Å². The maximum Gasteiger partial charge on any atom is 0.136 e. The van der Waals surface area contributed by atoms with Gasteiger partial charge in [-0.1, -0.05) is 97.1 Å². The van der Waals surface area contributed by atoms with Crippen LogP contribution >= 0.6 is 0 Å². The summed E-state index contributed by atoms with van der Waals surface area (Å²) in [6, 6.07) is 55.0. The molecule has 3 aromatic heterocycles. The minimum absolute atomic E-state index is 0.900. The van der Waals surface area contributed by atoms with E-state index < -0.39 is 0 Å². The van der Waals surface area contributed by atoms with Crippen molar-refractivity contribution in [2.75, 3.05) is 0 Å². The molecule has 10 aromatic rings. The van der Waals surface area contributed by atoms with Gasteiger partial charge in [-0.05, 0) is 108 Å². The Morgan fingerprint density at radius 2 is 1.06 bits per heavy atom. The average Bonchev–Trinajstić information content (AvgIpc) is 3.85. The number of allylic oxidation sites excluding steroid dienone is 4. The molecule has 3 heteroatoms. The molecule has 0 spiro atoms. The van der Waals surface area contributed by atoms with E-state index in [1.807, 2.05) is 0 Å². The minimum atomic E-state index is 0.900. The lowest BCUT2D eigenvalue weighted by Crippen LogP contribution is -1.96. The van der Waals surface area contributed by atoms with Crippen LogP contribution < -0.4 is 0 Å². The van der Waals surface area contributed by atoms with Crippen molar-refractivity contribution < 1.29 is 4.42 Å². The van der Waals surface area contributed by atoms with Crippen molar-refractivity contribution >= 4 is 71.2 Å². The second-order valence-corrected chi connectivity index (χ2v) is 13.6. The van der Waals surface area contributed by atoms with Gasteiger partial charge in [0.2, 0.25) is 0 Å². The van der Waals surface area contributed by atoms with Gasteiger partial charge in [-0.25, -0.2) is 0 Å². The maximum absolute atomic E-state index is 6.50. The molecule has 0 saturated carbocycles. The van der Waals surface area contributed by atoms with E-state index in [9.17, 15) is 0 Å². The summed E-state index contributed by atoms with van der Waals surface area (Å²) in [5, 5.41) is 7.31. The van der Waals surface area contributed by atoms with Crippen LogP contribution in [0.2, 0.25) is 0 Å². The molecule has 0 bridgehead atoms. The zero-order chi connectivity index (χ0) is 33.5. The zero-order valence-corrected chi connectivity index (χ0v) is 27.9. The topological polar surface area (TPSA) is 23.0 Å². The number of fused-ring (bicyclic) bond motifs is 9. The first-order chi connectivity index (χ1) is 25.3. The highest BCUT2D eigenvalue weighted by Gasteiger charge is 2.18. The van der Waals surface area contributed by atoms with Gasteiger partial charge in [0.05, 0.1) is 22.1 Å². The van der Waals surface area contributed by atoms with Crippen LogP contribution in [0.4, 0.5) is 0 Å². The smallest absolute Gasteiger partial charge is 0.136 e. The number of hydrogen-bond acceptors (Lipinski definition) is 1. The first-order valence-electron chi connectivity index (χ1n) is 17.8. The largest absolute Gasteiger partial charge is 0.456 e. The van der Waals surface area contributed by atoms with Gasteiger partial charge in [-0.15, -0.1) is 0 Å². The predicted molar refractivity (Wildman–Crippen MR) is 215 cm³/mol. The van der Waals surface area contributed by atoms with Gasteiger partial charge in [-0.2, -0.15) is 0 Å². The average molecular weight is 653 g/mol. The van der Waals surface area contributed by atoms with Crippen molar-refractivity contribution in [1.82, 2.24) is 9.13 Å². The number of furan rings is 1. The molecule has 0 atom stereocenters. The van der Waals surface area contributed by atoms with Gasteiger partial charge in [0.25, 0.3) is 0 Å². The number of nitrogens with zero attached hydrogens (tertiary/aromatic N) is 2. The van der Waals surface area contributed by atoms with Gasteiger partial charge < -0.3 is 13.6 Å². The summed E-state index contributed by atoms with van der Waals surface area (Å²) >= 11 is 0. The number of rotatable bonds is 4. The summed E-state index contributed by atoms with van der Waals surface area (Å²) in [5.74, 6) is 0. The molecule has 240 valence electrons. The fourth-order valence-electron chi connectivity index (χ4n) is 8.44. The van der Waals surface area contributed by atoms with E-state index in [2.05, 4.69) is 179 Å². The van der Waals surface area contributed by atoms with E-state index in [-0.39, 0.29) is 0 Å². The Labute approximate surface area is 294 Å². The van der Waals surface area contributed by atoms with E-state index >= 15 is 0 Å². The highest BCUT2D eigenvalue weighted by atomic mass is 16.3. The van der Waals surface area contributed by atoms with Crippen molar-refractivity contribution in [3.8, 4) is 27.9 Å². The lowest BCUT2D eigenvalue weighted by atomic mass is 9.96. The molecule has 1 aliphatic rings. The van der Waals surface area contributed by atoms with Crippen molar-refractivity contribution in [3.63, 3.8) is 0 Å². The normalized spacial score (nSPS) is 13.4. The first-order valence-corrected chi connectivity index (χ1v) is 17.8. The Kier molecular flexibility index (Phi) is 6.08. The predicted octanol–water partition coefficient (Wildman–Crippen LogP) is 13.3. The van der Waals surface area contributed by atoms with Crippen molar-refractivity contribution in [2.45, 2.75) is 12.8 Å². The van der Waals surface area contributed by atoms with Gasteiger partial charge >= 0.3 is 0 Å². The zero-order valence-electron chi connectivity index (χ0n) is 27.9. The minimum Gasteiger partial charge on any atom is -0.456 e. The molecule has 0 fully saturated rings. The summed E-state index contributed by atoms with van der Waals surface area (Å²) in [5.41, 5.74) is 13.8. The lowest BCUT2D eigenvalue weighted by Gasteiger charge is -2.12. The fraction of sp³-hybridized carbons (Fsp3) is 0.0417. The molecule has 0 saturated heterocycles. The van der Waals surface area contributed by atoms with Crippen LogP contribution in [0.25, 0.3) is 99.2 Å². The molecule has 0 aliphatic heterocycles. The molecular weight excluding hydrogens is 621 g/mol. The Balaban J connectivity index is 1.09. The Morgan fingerprint density at radius 3 is 1.82 bits per heavy atom. The molecular formula is C48H32N2O. The van der Waals surface area contributed by atoms with Crippen molar-refractivity contribution in [3.05, 3.63) is 170 Å². The van der Waals surface area contributed by atoms with Crippen LogP contribution in [0.1, 0.15) is 12.8 Å².